The second-order valence-electron chi connectivity index (χ2n) is 10.1. The second kappa shape index (κ2) is 11.4. The van der Waals surface area contributed by atoms with E-state index < -0.39 is 69.6 Å². The van der Waals surface area contributed by atoms with E-state index in [0.29, 0.717) is 13.1 Å². The maximum absolute atomic E-state index is 15.7. The monoisotopic (exact) mass is 589 g/mol. The predicted octanol–water partition coefficient (Wildman–Crippen LogP) is 1.79. The molecule has 1 fully saturated rings. The maximum atomic E-state index is 15.7. The molecule has 3 aliphatic carbocycles. The first kappa shape index (κ1) is 32.5. The van der Waals surface area contributed by atoms with Crippen LogP contribution in [0.25, 0.3) is 5.76 Å². The molecule has 0 radical (unpaired) electrons. The number of nitrogens with zero attached hydrogens (tertiary/aromatic N) is 2. The van der Waals surface area contributed by atoms with Gasteiger partial charge >= 0.3 is 0 Å². The predicted molar refractivity (Wildman–Crippen MR) is 145 cm³/mol. The van der Waals surface area contributed by atoms with E-state index in [-0.39, 0.29) is 66.5 Å². The number of carbonyl (C=O) groups is 3. The van der Waals surface area contributed by atoms with Crippen molar-refractivity contribution in [3.05, 3.63) is 45.5 Å². The van der Waals surface area contributed by atoms with Crippen molar-refractivity contribution in [3.63, 3.8) is 0 Å². The average Bonchev–Trinajstić information content (AvgIpc) is 2.82. The summed E-state index contributed by atoms with van der Waals surface area (Å²) in [6.45, 7) is 5.40. The molecule has 13 heteroatoms. The second-order valence-corrected chi connectivity index (χ2v) is 10.1. The lowest BCUT2D eigenvalue weighted by atomic mass is 9.57. The van der Waals surface area contributed by atoms with Crippen molar-refractivity contribution >= 4 is 48.0 Å². The van der Waals surface area contributed by atoms with Gasteiger partial charge in [0.15, 0.2) is 11.4 Å². The standard InChI is InChI=1S/C26H32FN3O7.2ClH/c1-5-30(6-2)10-12-9-15(31)17-13(19(12)27)7-11-8-14-20(29(3)4)22(33)18(25(28)36)24(35)26(14,37)23(34)16(11)21(17)32;;/h9,11,14,20,31-32,35,37H,5-8,10H2,1-4H3,(H2,28,36);2*1H/t11-,14-,20-,26-;;/m0../s1. The topological polar surface area (TPSA) is 165 Å². The van der Waals surface area contributed by atoms with Gasteiger partial charge in [0.25, 0.3) is 5.91 Å². The summed E-state index contributed by atoms with van der Waals surface area (Å²) in [5, 5.41) is 44.3. The highest BCUT2D eigenvalue weighted by atomic mass is 35.5. The van der Waals surface area contributed by atoms with Crippen molar-refractivity contribution in [2.75, 3.05) is 27.2 Å². The van der Waals surface area contributed by atoms with Crippen molar-refractivity contribution in [2.24, 2.45) is 17.6 Å². The van der Waals surface area contributed by atoms with Crippen LogP contribution in [0, 0.1) is 17.7 Å². The Bertz CT molecular complexity index is 1280. The van der Waals surface area contributed by atoms with Crippen LogP contribution in [0.2, 0.25) is 0 Å². The maximum Gasteiger partial charge on any atom is 0.255 e. The lowest BCUT2D eigenvalue weighted by molar-refractivity contribution is -0.153. The lowest BCUT2D eigenvalue weighted by Gasteiger charge is -2.50. The van der Waals surface area contributed by atoms with Gasteiger partial charge in [-0.25, -0.2) is 4.39 Å². The molecule has 0 unspecified atom stereocenters. The largest absolute Gasteiger partial charge is 0.508 e. The highest BCUT2D eigenvalue weighted by molar-refractivity contribution is 6.24. The van der Waals surface area contributed by atoms with Gasteiger partial charge in [-0.15, -0.1) is 24.8 Å². The summed E-state index contributed by atoms with van der Waals surface area (Å²) in [6.07, 6.45) is -0.174. The molecule has 10 nitrogen and oxygen atoms in total. The van der Waals surface area contributed by atoms with Crippen LogP contribution in [-0.4, -0.2) is 86.5 Å². The molecule has 6 N–H and O–H groups in total. The third-order valence-electron chi connectivity index (χ3n) is 8.02. The van der Waals surface area contributed by atoms with E-state index in [2.05, 4.69) is 0 Å². The minimum absolute atomic E-state index is 0. The number of ketones is 2. The van der Waals surface area contributed by atoms with Crippen LogP contribution in [0.1, 0.15) is 37.0 Å². The number of hydrogen-bond acceptors (Lipinski definition) is 9. The summed E-state index contributed by atoms with van der Waals surface area (Å²) in [6, 6.07) is 0.0166. The molecule has 1 saturated carbocycles. The summed E-state index contributed by atoms with van der Waals surface area (Å²) in [4.78, 5) is 42.2. The van der Waals surface area contributed by atoms with Gasteiger partial charge in [-0.3, -0.25) is 24.2 Å². The minimum Gasteiger partial charge on any atom is -0.508 e. The molecule has 3 aliphatic rings. The Balaban J connectivity index is 0.00000267. The first-order chi connectivity index (χ1) is 17.3. The van der Waals surface area contributed by atoms with Crippen molar-refractivity contribution in [1.82, 2.24) is 9.80 Å². The number of fused-ring (bicyclic) bond motifs is 3. The number of rotatable bonds is 6. The van der Waals surface area contributed by atoms with Gasteiger partial charge in [0, 0.05) is 29.2 Å². The number of phenols is 1. The van der Waals surface area contributed by atoms with Crippen molar-refractivity contribution in [1.29, 1.82) is 0 Å². The Hall–Kier alpha value is -2.70. The molecule has 0 heterocycles. The minimum atomic E-state index is -2.72. The number of aliphatic hydroxyl groups excluding tert-OH is 2. The molecule has 4 atom stereocenters. The number of amides is 1. The fourth-order valence-electron chi connectivity index (χ4n) is 6.15. The number of Topliss-reactive ketones (excluding diaryl/α,β-unsaturated/α-hetero) is 2. The van der Waals surface area contributed by atoms with Gasteiger partial charge in [-0.2, -0.15) is 0 Å². The molecule has 0 aromatic heterocycles. The number of carbonyl (C=O) groups excluding carboxylic acids is 3. The number of likely N-dealkylation sites (N-methyl/N-ethyl adjacent to an activating group) is 1. The number of aliphatic hydroxyl groups is 3. The number of halogens is 3. The van der Waals surface area contributed by atoms with Crippen LogP contribution in [0.15, 0.2) is 23.0 Å². The average molecular weight is 590 g/mol. The van der Waals surface area contributed by atoms with E-state index in [4.69, 9.17) is 5.73 Å². The summed E-state index contributed by atoms with van der Waals surface area (Å²) in [7, 11) is 3.04. The number of phenolic OH excluding ortho intramolecular Hbond substituents is 1. The zero-order chi connectivity index (χ0) is 27.6. The van der Waals surface area contributed by atoms with Crippen molar-refractivity contribution < 1.29 is 39.2 Å². The summed E-state index contributed by atoms with van der Waals surface area (Å²) in [5.41, 5.74) is 1.42. The summed E-state index contributed by atoms with van der Waals surface area (Å²) in [5.74, 6) is -8.19. The van der Waals surface area contributed by atoms with Gasteiger partial charge in [-0.1, -0.05) is 13.8 Å². The molecule has 1 aromatic carbocycles. The van der Waals surface area contributed by atoms with Crippen LogP contribution in [0.4, 0.5) is 4.39 Å². The Morgan fingerprint density at radius 3 is 2.26 bits per heavy atom. The molecular formula is C26H34Cl2FN3O7. The third kappa shape index (κ3) is 4.70. The summed E-state index contributed by atoms with van der Waals surface area (Å²) >= 11 is 0. The van der Waals surface area contributed by atoms with Crippen LogP contribution in [0.3, 0.4) is 0 Å². The number of aromatic hydroxyl groups is 1. The third-order valence-corrected chi connectivity index (χ3v) is 8.02. The van der Waals surface area contributed by atoms with Crippen LogP contribution >= 0.6 is 24.8 Å². The SMILES string of the molecule is CCN(CC)Cc1cc(O)c2c(c1F)C[C@H]1C[C@H]3[C@H](N(C)C)C(=O)C(C(N)=O)=C(O)[C@@]3(O)C(=O)C1=C2O.Cl.Cl. The summed E-state index contributed by atoms with van der Waals surface area (Å²) < 4.78 is 15.7. The Morgan fingerprint density at radius 2 is 1.74 bits per heavy atom. The van der Waals surface area contributed by atoms with E-state index in [9.17, 15) is 34.8 Å². The van der Waals surface area contributed by atoms with Crippen molar-refractivity contribution in [2.45, 2.75) is 44.9 Å². The van der Waals surface area contributed by atoms with Crippen LogP contribution in [0.5, 0.6) is 5.75 Å². The smallest absolute Gasteiger partial charge is 0.255 e. The number of benzene rings is 1. The van der Waals surface area contributed by atoms with E-state index in [0.717, 1.165) is 0 Å². The van der Waals surface area contributed by atoms with Gasteiger partial charge in [-0.05, 0) is 52.0 Å². The molecule has 39 heavy (non-hydrogen) atoms. The fraction of sp³-hybridized carbons (Fsp3) is 0.500. The molecule has 0 bridgehead atoms. The van der Waals surface area contributed by atoms with E-state index in [1.807, 2.05) is 18.7 Å². The molecular weight excluding hydrogens is 556 g/mol. The molecule has 216 valence electrons. The zero-order valence-electron chi connectivity index (χ0n) is 22.0. The number of primary amides is 1. The highest BCUT2D eigenvalue weighted by Crippen LogP contribution is 2.53. The molecule has 0 spiro atoms. The Morgan fingerprint density at radius 1 is 1.15 bits per heavy atom. The van der Waals surface area contributed by atoms with Gasteiger partial charge < -0.3 is 26.2 Å². The molecule has 4 rings (SSSR count). The molecule has 0 aliphatic heterocycles. The normalized spacial score (nSPS) is 26.1. The molecule has 0 saturated heterocycles. The van der Waals surface area contributed by atoms with Gasteiger partial charge in [0.05, 0.1) is 11.6 Å². The molecule has 1 aromatic rings. The Kier molecular flexibility index (Phi) is 9.52. The lowest BCUT2D eigenvalue weighted by Crippen LogP contribution is -2.65. The first-order valence-electron chi connectivity index (χ1n) is 12.2. The van der Waals surface area contributed by atoms with E-state index in [1.165, 1.54) is 25.1 Å². The van der Waals surface area contributed by atoms with Crippen LogP contribution in [-0.2, 0) is 27.3 Å². The van der Waals surface area contributed by atoms with E-state index in [1.54, 1.807) is 0 Å². The quantitative estimate of drug-likeness (QED) is 0.311. The molecule has 1 amide bonds. The van der Waals surface area contributed by atoms with E-state index >= 15 is 4.39 Å². The fourth-order valence-corrected chi connectivity index (χ4v) is 6.15. The Labute approximate surface area is 237 Å². The first-order valence-corrected chi connectivity index (χ1v) is 12.2. The van der Waals surface area contributed by atoms with Gasteiger partial charge in [0.2, 0.25) is 5.78 Å². The zero-order valence-corrected chi connectivity index (χ0v) is 23.7. The van der Waals surface area contributed by atoms with Crippen molar-refractivity contribution in [3.8, 4) is 5.75 Å². The highest BCUT2D eigenvalue weighted by Gasteiger charge is 2.64. The number of nitrogens with two attached hydrogens (primary N) is 1. The van der Waals surface area contributed by atoms with Gasteiger partial charge in [0.1, 0.15) is 28.7 Å². The van der Waals surface area contributed by atoms with Crippen LogP contribution < -0.4 is 5.73 Å². The number of hydrogen-bond donors (Lipinski definition) is 5.